The minimum absolute atomic E-state index is 0.0819. The van der Waals surface area contributed by atoms with E-state index in [1.54, 1.807) is 0 Å². The van der Waals surface area contributed by atoms with Crippen molar-refractivity contribution in [3.8, 4) is 0 Å². The Labute approximate surface area is 105 Å². The van der Waals surface area contributed by atoms with Crippen molar-refractivity contribution in [1.29, 1.82) is 0 Å². The highest BCUT2D eigenvalue weighted by Gasteiger charge is 2.31. The molecule has 0 bridgehead atoms. The third-order valence-corrected chi connectivity index (χ3v) is 4.13. The summed E-state index contributed by atoms with van der Waals surface area (Å²) >= 11 is 3.41. The van der Waals surface area contributed by atoms with Crippen molar-refractivity contribution < 1.29 is 5.11 Å². The number of aliphatic hydroxyl groups is 1. The van der Waals surface area contributed by atoms with E-state index in [9.17, 15) is 5.11 Å². The number of aliphatic hydroxyl groups excluding tert-OH is 1. The second-order valence-corrected chi connectivity index (χ2v) is 5.49. The molecule has 2 atom stereocenters. The van der Waals surface area contributed by atoms with E-state index in [2.05, 4.69) is 15.9 Å². The first-order valence-electron chi connectivity index (χ1n) is 5.86. The van der Waals surface area contributed by atoms with Crippen LogP contribution < -0.4 is 5.73 Å². The molecule has 1 aliphatic rings. The quantitative estimate of drug-likeness (QED) is 0.893. The Morgan fingerprint density at radius 2 is 1.94 bits per heavy atom. The molecule has 2 rings (SSSR count). The standard InChI is InChI=1S/C13H18BrNO/c14-11-6-4-9(5-7-11)12(8-15)13(16)10-2-1-3-10/h4-7,10,12-13,16H,1-3,8,15H2. The molecule has 0 heterocycles. The number of hydrogen-bond acceptors (Lipinski definition) is 2. The SMILES string of the molecule is NCC(c1ccc(Br)cc1)C(O)C1CCC1. The highest BCUT2D eigenvalue weighted by Crippen LogP contribution is 2.36. The van der Waals surface area contributed by atoms with Gasteiger partial charge in [0.2, 0.25) is 0 Å². The van der Waals surface area contributed by atoms with Crippen molar-refractivity contribution in [2.24, 2.45) is 11.7 Å². The van der Waals surface area contributed by atoms with E-state index in [4.69, 9.17) is 5.73 Å². The van der Waals surface area contributed by atoms with E-state index in [0.717, 1.165) is 22.9 Å². The topological polar surface area (TPSA) is 46.2 Å². The number of nitrogens with two attached hydrogens (primary N) is 1. The van der Waals surface area contributed by atoms with Gasteiger partial charge in [-0.15, -0.1) is 0 Å². The number of hydrogen-bond donors (Lipinski definition) is 2. The Balaban J connectivity index is 2.11. The third kappa shape index (κ3) is 2.47. The summed E-state index contributed by atoms with van der Waals surface area (Å²) in [7, 11) is 0. The predicted molar refractivity (Wildman–Crippen MR) is 69.3 cm³/mol. The summed E-state index contributed by atoms with van der Waals surface area (Å²) in [4.78, 5) is 0. The van der Waals surface area contributed by atoms with Crippen LogP contribution >= 0.6 is 15.9 Å². The third-order valence-electron chi connectivity index (χ3n) is 3.60. The van der Waals surface area contributed by atoms with Crippen molar-refractivity contribution in [1.82, 2.24) is 0 Å². The normalized spacial score (nSPS) is 20.2. The van der Waals surface area contributed by atoms with E-state index >= 15 is 0 Å². The van der Waals surface area contributed by atoms with E-state index in [-0.39, 0.29) is 12.0 Å². The molecule has 1 aromatic rings. The molecule has 0 amide bonds. The zero-order chi connectivity index (χ0) is 11.5. The number of benzene rings is 1. The number of rotatable bonds is 4. The molecule has 0 aliphatic heterocycles. The highest BCUT2D eigenvalue weighted by molar-refractivity contribution is 9.10. The summed E-state index contributed by atoms with van der Waals surface area (Å²) in [5.74, 6) is 0.538. The average Bonchev–Trinajstić information content (AvgIpc) is 2.19. The van der Waals surface area contributed by atoms with Gasteiger partial charge in [-0.05, 0) is 36.5 Å². The fourth-order valence-electron chi connectivity index (χ4n) is 2.29. The Morgan fingerprint density at radius 3 is 2.38 bits per heavy atom. The summed E-state index contributed by atoms with van der Waals surface area (Å²) in [6.45, 7) is 0.513. The minimum atomic E-state index is -0.278. The molecule has 3 heteroatoms. The number of halogens is 1. The lowest BCUT2D eigenvalue weighted by Gasteiger charge is -2.35. The molecule has 0 radical (unpaired) electrons. The lowest BCUT2D eigenvalue weighted by atomic mass is 9.75. The maximum Gasteiger partial charge on any atom is 0.0648 e. The zero-order valence-corrected chi connectivity index (χ0v) is 10.9. The van der Waals surface area contributed by atoms with Crippen molar-refractivity contribution >= 4 is 15.9 Å². The molecule has 1 aliphatic carbocycles. The molecule has 0 aromatic heterocycles. The Morgan fingerprint density at radius 1 is 1.31 bits per heavy atom. The van der Waals surface area contributed by atoms with E-state index in [0.29, 0.717) is 12.5 Å². The molecule has 0 saturated heterocycles. The Bertz CT molecular complexity index is 334. The summed E-state index contributed by atoms with van der Waals surface area (Å²) in [5.41, 5.74) is 6.93. The van der Waals surface area contributed by atoms with Crippen LogP contribution in [0.1, 0.15) is 30.7 Å². The molecule has 16 heavy (non-hydrogen) atoms. The van der Waals surface area contributed by atoms with Gasteiger partial charge >= 0.3 is 0 Å². The molecule has 0 spiro atoms. The molecular weight excluding hydrogens is 266 g/mol. The second kappa shape index (κ2) is 5.30. The van der Waals surface area contributed by atoms with Crippen LogP contribution in [-0.4, -0.2) is 17.8 Å². The predicted octanol–water partition coefficient (Wildman–Crippen LogP) is 2.65. The van der Waals surface area contributed by atoms with Crippen LogP contribution in [0.3, 0.4) is 0 Å². The van der Waals surface area contributed by atoms with Gasteiger partial charge in [0.05, 0.1) is 6.10 Å². The first-order chi connectivity index (χ1) is 7.72. The van der Waals surface area contributed by atoms with Crippen LogP contribution in [-0.2, 0) is 0 Å². The Hall–Kier alpha value is -0.380. The van der Waals surface area contributed by atoms with E-state index in [1.165, 1.54) is 6.42 Å². The van der Waals surface area contributed by atoms with Gasteiger partial charge in [-0.25, -0.2) is 0 Å². The van der Waals surface area contributed by atoms with Gasteiger partial charge in [-0.2, -0.15) is 0 Å². The van der Waals surface area contributed by atoms with Gasteiger partial charge in [0.25, 0.3) is 0 Å². The van der Waals surface area contributed by atoms with Crippen LogP contribution in [0, 0.1) is 5.92 Å². The van der Waals surface area contributed by atoms with Gasteiger partial charge in [0, 0.05) is 16.9 Å². The molecule has 1 aromatic carbocycles. The zero-order valence-electron chi connectivity index (χ0n) is 9.27. The molecular formula is C13H18BrNO. The van der Waals surface area contributed by atoms with Crippen LogP contribution in [0.4, 0.5) is 0 Å². The lowest BCUT2D eigenvalue weighted by molar-refractivity contribution is 0.0420. The monoisotopic (exact) mass is 283 g/mol. The lowest BCUT2D eigenvalue weighted by Crippen LogP contribution is -2.35. The highest BCUT2D eigenvalue weighted by atomic mass is 79.9. The maximum absolute atomic E-state index is 10.3. The summed E-state index contributed by atoms with van der Waals surface area (Å²) in [5, 5.41) is 10.3. The summed E-state index contributed by atoms with van der Waals surface area (Å²) < 4.78 is 1.06. The van der Waals surface area contributed by atoms with Crippen LogP contribution in [0.15, 0.2) is 28.7 Å². The van der Waals surface area contributed by atoms with Crippen molar-refractivity contribution in [2.75, 3.05) is 6.54 Å². The molecule has 1 fully saturated rings. The van der Waals surface area contributed by atoms with Gasteiger partial charge in [0.1, 0.15) is 0 Å². The van der Waals surface area contributed by atoms with Crippen LogP contribution in [0.5, 0.6) is 0 Å². The first-order valence-corrected chi connectivity index (χ1v) is 6.65. The molecule has 2 unspecified atom stereocenters. The fourth-order valence-corrected chi connectivity index (χ4v) is 2.56. The molecule has 1 saturated carbocycles. The van der Waals surface area contributed by atoms with Crippen LogP contribution in [0.2, 0.25) is 0 Å². The molecule has 88 valence electrons. The van der Waals surface area contributed by atoms with Crippen LogP contribution in [0.25, 0.3) is 0 Å². The Kier molecular flexibility index (Phi) is 4.00. The second-order valence-electron chi connectivity index (χ2n) is 4.58. The smallest absolute Gasteiger partial charge is 0.0648 e. The van der Waals surface area contributed by atoms with Gasteiger partial charge in [-0.3, -0.25) is 0 Å². The fraction of sp³-hybridized carbons (Fsp3) is 0.538. The molecule has 2 nitrogen and oxygen atoms in total. The van der Waals surface area contributed by atoms with E-state index in [1.807, 2.05) is 24.3 Å². The van der Waals surface area contributed by atoms with Gasteiger partial charge in [-0.1, -0.05) is 34.5 Å². The largest absolute Gasteiger partial charge is 0.392 e. The van der Waals surface area contributed by atoms with Crippen molar-refractivity contribution in [3.05, 3.63) is 34.3 Å². The summed E-state index contributed by atoms with van der Waals surface area (Å²) in [6, 6.07) is 8.10. The minimum Gasteiger partial charge on any atom is -0.392 e. The van der Waals surface area contributed by atoms with E-state index < -0.39 is 0 Å². The first kappa shape index (κ1) is 12.1. The average molecular weight is 284 g/mol. The summed E-state index contributed by atoms with van der Waals surface area (Å²) in [6.07, 6.45) is 3.27. The maximum atomic E-state index is 10.3. The van der Waals surface area contributed by atoms with Gasteiger partial charge in [0.15, 0.2) is 0 Å². The van der Waals surface area contributed by atoms with Crippen molar-refractivity contribution in [2.45, 2.75) is 31.3 Å². The van der Waals surface area contributed by atoms with Gasteiger partial charge < -0.3 is 10.8 Å². The van der Waals surface area contributed by atoms with Crippen molar-refractivity contribution in [3.63, 3.8) is 0 Å². The molecule has 3 N–H and O–H groups in total.